The predicted molar refractivity (Wildman–Crippen MR) is 65.3 cm³/mol. The molecule has 3 nitrogen and oxygen atoms in total. The lowest BCUT2D eigenvalue weighted by Gasteiger charge is -2.14. The van der Waals surface area contributed by atoms with Crippen molar-refractivity contribution >= 4 is 11.6 Å². The first kappa shape index (κ1) is 12.0. The van der Waals surface area contributed by atoms with Gasteiger partial charge in [0.15, 0.2) is 0 Å². The summed E-state index contributed by atoms with van der Waals surface area (Å²) in [4.78, 5) is 12.0. The third-order valence-corrected chi connectivity index (χ3v) is 3.16. The molecule has 0 radical (unpaired) electrons. The van der Waals surface area contributed by atoms with Crippen LogP contribution in [0.15, 0.2) is 18.2 Å². The molecule has 1 aliphatic heterocycles. The molecular formula is C13H17FN2O. The molecule has 1 fully saturated rings. The van der Waals surface area contributed by atoms with Crippen LogP contribution in [0.2, 0.25) is 0 Å². The van der Waals surface area contributed by atoms with E-state index in [4.69, 9.17) is 0 Å². The van der Waals surface area contributed by atoms with E-state index in [1.807, 2.05) is 6.92 Å². The number of rotatable bonds is 2. The smallest absolute Gasteiger partial charge is 0.229 e. The number of hydrogen-bond acceptors (Lipinski definition) is 2. The molecule has 2 atom stereocenters. The molecule has 0 spiro atoms. The fourth-order valence-electron chi connectivity index (χ4n) is 2.20. The average molecular weight is 236 g/mol. The zero-order valence-corrected chi connectivity index (χ0v) is 10.1. The van der Waals surface area contributed by atoms with Crippen molar-refractivity contribution in [2.45, 2.75) is 13.8 Å². The summed E-state index contributed by atoms with van der Waals surface area (Å²) >= 11 is 0. The van der Waals surface area contributed by atoms with Gasteiger partial charge in [0.25, 0.3) is 0 Å². The Morgan fingerprint density at radius 2 is 2.18 bits per heavy atom. The van der Waals surface area contributed by atoms with Gasteiger partial charge < -0.3 is 10.6 Å². The number of anilines is 1. The van der Waals surface area contributed by atoms with Crippen LogP contribution in [-0.4, -0.2) is 19.0 Å². The van der Waals surface area contributed by atoms with Crippen LogP contribution in [0.5, 0.6) is 0 Å². The summed E-state index contributed by atoms with van der Waals surface area (Å²) in [5.74, 6) is -0.0615. The quantitative estimate of drug-likeness (QED) is 0.823. The Labute approximate surface area is 100 Å². The lowest BCUT2D eigenvalue weighted by Crippen LogP contribution is -2.27. The maximum Gasteiger partial charge on any atom is 0.229 e. The number of aryl methyl sites for hydroxylation is 1. The maximum atomic E-state index is 13.2. The summed E-state index contributed by atoms with van der Waals surface area (Å²) in [6.45, 7) is 5.40. The Morgan fingerprint density at radius 3 is 2.76 bits per heavy atom. The molecule has 2 unspecified atom stereocenters. The van der Waals surface area contributed by atoms with E-state index in [-0.39, 0.29) is 17.6 Å². The van der Waals surface area contributed by atoms with Crippen LogP contribution in [0.3, 0.4) is 0 Å². The lowest BCUT2D eigenvalue weighted by atomic mass is 9.97. The first-order chi connectivity index (χ1) is 8.06. The van der Waals surface area contributed by atoms with E-state index >= 15 is 0 Å². The van der Waals surface area contributed by atoms with Crippen molar-refractivity contribution in [3.63, 3.8) is 0 Å². The summed E-state index contributed by atoms with van der Waals surface area (Å²) in [6.07, 6.45) is 0. The molecule has 1 heterocycles. The lowest BCUT2D eigenvalue weighted by molar-refractivity contribution is -0.120. The van der Waals surface area contributed by atoms with Crippen molar-refractivity contribution in [3.05, 3.63) is 29.6 Å². The SMILES string of the molecule is Cc1cc(F)cc(NC(=O)C2CNCC2C)c1. The van der Waals surface area contributed by atoms with Gasteiger partial charge in [0, 0.05) is 12.2 Å². The second-order valence-corrected chi connectivity index (χ2v) is 4.75. The summed E-state index contributed by atoms with van der Waals surface area (Å²) < 4.78 is 13.2. The van der Waals surface area contributed by atoms with Crippen LogP contribution in [0.1, 0.15) is 12.5 Å². The number of nitrogens with one attached hydrogen (secondary N) is 2. The van der Waals surface area contributed by atoms with Crippen LogP contribution in [-0.2, 0) is 4.79 Å². The standard InChI is InChI=1S/C13H17FN2O/c1-8-3-10(14)5-11(4-8)16-13(17)12-7-15-6-9(12)2/h3-5,9,12,15H,6-7H2,1-2H3,(H,16,17). The average Bonchev–Trinajstić information content (AvgIpc) is 2.62. The fraction of sp³-hybridized carbons (Fsp3) is 0.462. The van der Waals surface area contributed by atoms with E-state index in [2.05, 4.69) is 10.6 Å². The molecule has 92 valence electrons. The Hall–Kier alpha value is -1.42. The first-order valence-corrected chi connectivity index (χ1v) is 5.85. The Balaban J connectivity index is 2.07. The number of halogens is 1. The molecule has 17 heavy (non-hydrogen) atoms. The highest BCUT2D eigenvalue weighted by atomic mass is 19.1. The molecule has 0 aliphatic carbocycles. The molecule has 1 aromatic rings. The molecule has 4 heteroatoms. The van der Waals surface area contributed by atoms with Crippen LogP contribution in [0, 0.1) is 24.6 Å². The molecule has 0 aromatic heterocycles. The zero-order chi connectivity index (χ0) is 12.4. The van der Waals surface area contributed by atoms with Crippen molar-refractivity contribution in [2.24, 2.45) is 11.8 Å². The monoisotopic (exact) mass is 236 g/mol. The topological polar surface area (TPSA) is 41.1 Å². The van der Waals surface area contributed by atoms with Crippen LogP contribution in [0.4, 0.5) is 10.1 Å². The normalized spacial score (nSPS) is 23.7. The van der Waals surface area contributed by atoms with E-state index in [1.54, 1.807) is 13.0 Å². The molecule has 1 aliphatic rings. The summed E-state index contributed by atoms with van der Waals surface area (Å²) in [7, 11) is 0. The van der Waals surface area contributed by atoms with E-state index in [9.17, 15) is 9.18 Å². The minimum Gasteiger partial charge on any atom is -0.326 e. The minimum atomic E-state index is -0.321. The van der Waals surface area contributed by atoms with Gasteiger partial charge in [0.05, 0.1) is 5.92 Å². The number of carbonyl (C=O) groups is 1. The van der Waals surface area contributed by atoms with Gasteiger partial charge in [-0.15, -0.1) is 0 Å². The first-order valence-electron chi connectivity index (χ1n) is 5.85. The molecule has 0 saturated carbocycles. The van der Waals surface area contributed by atoms with Gasteiger partial charge in [0.1, 0.15) is 5.82 Å². The second kappa shape index (κ2) is 4.84. The molecule has 1 saturated heterocycles. The van der Waals surface area contributed by atoms with Crippen LogP contribution >= 0.6 is 0 Å². The number of carbonyl (C=O) groups excluding carboxylic acids is 1. The van der Waals surface area contributed by atoms with Gasteiger partial charge in [-0.1, -0.05) is 6.92 Å². The van der Waals surface area contributed by atoms with E-state index in [1.165, 1.54) is 12.1 Å². The fourth-order valence-corrected chi connectivity index (χ4v) is 2.20. The van der Waals surface area contributed by atoms with Crippen molar-refractivity contribution in [3.8, 4) is 0 Å². The van der Waals surface area contributed by atoms with E-state index < -0.39 is 0 Å². The van der Waals surface area contributed by atoms with Crippen molar-refractivity contribution < 1.29 is 9.18 Å². The van der Waals surface area contributed by atoms with Gasteiger partial charge in [-0.2, -0.15) is 0 Å². The third kappa shape index (κ3) is 2.82. The Morgan fingerprint density at radius 1 is 1.41 bits per heavy atom. The summed E-state index contributed by atoms with van der Waals surface area (Å²) in [5, 5.41) is 5.95. The zero-order valence-electron chi connectivity index (χ0n) is 10.1. The molecule has 2 rings (SSSR count). The number of amides is 1. The molecule has 1 amide bonds. The van der Waals surface area contributed by atoms with E-state index in [0.717, 1.165) is 12.1 Å². The van der Waals surface area contributed by atoms with E-state index in [0.29, 0.717) is 18.2 Å². The van der Waals surface area contributed by atoms with Gasteiger partial charge >= 0.3 is 0 Å². The Kier molecular flexibility index (Phi) is 3.43. The summed E-state index contributed by atoms with van der Waals surface area (Å²) in [6, 6.07) is 4.56. The summed E-state index contributed by atoms with van der Waals surface area (Å²) in [5.41, 5.74) is 1.34. The van der Waals surface area contributed by atoms with Gasteiger partial charge in [-0.25, -0.2) is 4.39 Å². The van der Waals surface area contributed by atoms with Crippen molar-refractivity contribution in [1.29, 1.82) is 0 Å². The van der Waals surface area contributed by atoms with Crippen LogP contribution < -0.4 is 10.6 Å². The van der Waals surface area contributed by atoms with Gasteiger partial charge in [0.2, 0.25) is 5.91 Å². The predicted octanol–water partition coefficient (Wildman–Crippen LogP) is 1.93. The van der Waals surface area contributed by atoms with Crippen molar-refractivity contribution in [1.82, 2.24) is 5.32 Å². The molecule has 0 bridgehead atoms. The second-order valence-electron chi connectivity index (χ2n) is 4.75. The maximum absolute atomic E-state index is 13.2. The highest BCUT2D eigenvalue weighted by Crippen LogP contribution is 2.19. The molecular weight excluding hydrogens is 219 g/mol. The van der Waals surface area contributed by atoms with Crippen molar-refractivity contribution in [2.75, 3.05) is 18.4 Å². The minimum absolute atomic E-state index is 0.0291. The van der Waals surface area contributed by atoms with Crippen LogP contribution in [0.25, 0.3) is 0 Å². The highest BCUT2D eigenvalue weighted by Gasteiger charge is 2.29. The highest BCUT2D eigenvalue weighted by molar-refractivity contribution is 5.93. The van der Waals surface area contributed by atoms with Gasteiger partial charge in [-0.3, -0.25) is 4.79 Å². The molecule has 2 N–H and O–H groups in total. The largest absolute Gasteiger partial charge is 0.326 e. The number of hydrogen-bond donors (Lipinski definition) is 2. The number of benzene rings is 1. The third-order valence-electron chi connectivity index (χ3n) is 3.16. The molecule has 1 aromatic carbocycles. The van der Waals surface area contributed by atoms with Gasteiger partial charge in [-0.05, 0) is 43.1 Å². The Bertz CT molecular complexity index is 413.